The van der Waals surface area contributed by atoms with Crippen LogP contribution in [-0.4, -0.2) is 23.0 Å². The number of amides is 1. The summed E-state index contributed by atoms with van der Waals surface area (Å²) in [7, 11) is 0. The molecule has 3 rings (SSSR count). The normalized spacial score (nSPS) is 21.7. The summed E-state index contributed by atoms with van der Waals surface area (Å²) in [5.41, 5.74) is 2.20. The van der Waals surface area contributed by atoms with Gasteiger partial charge in [-0.05, 0) is 50.7 Å². The Morgan fingerprint density at radius 3 is 2.59 bits per heavy atom. The van der Waals surface area contributed by atoms with Crippen molar-refractivity contribution >= 4 is 22.3 Å². The number of fused-ring (bicyclic) bond motifs is 1. The van der Waals surface area contributed by atoms with Crippen LogP contribution in [0.2, 0.25) is 0 Å². The number of rotatable bonds is 4. The first kappa shape index (κ1) is 15.9. The number of hydrogen-bond donors (Lipinski definition) is 0. The molecule has 1 aliphatic carbocycles. The average Bonchev–Trinajstić information content (AvgIpc) is 3.19. The Hall–Kier alpha value is -1.03. The minimum absolute atomic E-state index is 0.0567. The van der Waals surface area contributed by atoms with Crippen LogP contribution in [0.3, 0.4) is 0 Å². The van der Waals surface area contributed by atoms with Crippen LogP contribution < -0.4 is 4.74 Å². The highest BCUT2D eigenvalue weighted by Crippen LogP contribution is 2.47. The van der Waals surface area contributed by atoms with Gasteiger partial charge in [-0.15, -0.1) is 0 Å². The molecule has 0 bridgehead atoms. The second-order valence-corrected chi connectivity index (χ2v) is 8.79. The molecule has 0 atom stereocenters. The van der Waals surface area contributed by atoms with Crippen molar-refractivity contribution in [3.8, 4) is 5.75 Å². The first-order valence-electron chi connectivity index (χ1n) is 7.95. The first-order chi connectivity index (χ1) is 10.2. The van der Waals surface area contributed by atoms with Crippen molar-refractivity contribution in [3.05, 3.63) is 27.7 Å². The van der Waals surface area contributed by atoms with Crippen molar-refractivity contribution in [2.45, 2.75) is 70.6 Å². The van der Waals surface area contributed by atoms with Crippen molar-refractivity contribution < 1.29 is 9.53 Å². The van der Waals surface area contributed by atoms with Crippen molar-refractivity contribution in [2.24, 2.45) is 0 Å². The van der Waals surface area contributed by atoms with Gasteiger partial charge < -0.3 is 9.64 Å². The molecule has 1 heterocycles. The van der Waals surface area contributed by atoms with Crippen LogP contribution in [0.15, 0.2) is 16.6 Å². The molecule has 1 amide bonds. The highest BCUT2D eigenvalue weighted by molar-refractivity contribution is 9.10. The maximum atomic E-state index is 11.4. The molecule has 1 aromatic rings. The third-order valence-electron chi connectivity index (χ3n) is 4.61. The molecule has 1 aromatic carbocycles. The zero-order chi connectivity index (χ0) is 16.1. The lowest BCUT2D eigenvalue weighted by Crippen LogP contribution is -2.42. The first-order valence-corrected chi connectivity index (χ1v) is 8.74. The van der Waals surface area contributed by atoms with E-state index in [9.17, 15) is 4.79 Å². The predicted octanol–water partition coefficient (Wildman–Crippen LogP) is 4.41. The predicted molar refractivity (Wildman–Crippen MR) is 91.1 cm³/mol. The van der Waals surface area contributed by atoms with Gasteiger partial charge in [0.05, 0.1) is 0 Å². The van der Waals surface area contributed by atoms with Gasteiger partial charge in [0, 0.05) is 28.2 Å². The van der Waals surface area contributed by atoms with Crippen molar-refractivity contribution in [1.29, 1.82) is 0 Å². The van der Waals surface area contributed by atoms with E-state index in [2.05, 4.69) is 55.8 Å². The molecule has 4 heteroatoms. The number of halogens is 1. The van der Waals surface area contributed by atoms with Gasteiger partial charge in [0.25, 0.3) is 0 Å². The van der Waals surface area contributed by atoms with E-state index >= 15 is 0 Å². The summed E-state index contributed by atoms with van der Waals surface area (Å²) in [4.78, 5) is 13.3. The minimum atomic E-state index is -0.190. The Kier molecular flexibility index (Phi) is 3.79. The molecule has 0 radical (unpaired) electrons. The van der Waals surface area contributed by atoms with Crippen LogP contribution >= 0.6 is 15.9 Å². The summed E-state index contributed by atoms with van der Waals surface area (Å²) in [6, 6.07) is 4.67. The molecule has 1 saturated carbocycles. The maximum absolute atomic E-state index is 11.4. The standard InChI is InChI=1S/C18H24BrNO2/c1-17(2)10-18(3,4)22-16-12(7-13(19)8-15(16)17)9-20(11-21)14-5-6-14/h7-8,11,14H,5-6,9-10H2,1-4H3. The molecule has 120 valence electrons. The van der Waals surface area contributed by atoms with E-state index in [1.165, 1.54) is 5.56 Å². The monoisotopic (exact) mass is 365 g/mol. The highest BCUT2D eigenvalue weighted by Gasteiger charge is 2.40. The molecule has 0 aromatic heterocycles. The minimum Gasteiger partial charge on any atom is -0.487 e. The smallest absolute Gasteiger partial charge is 0.210 e. The lowest BCUT2D eigenvalue weighted by atomic mass is 9.73. The number of hydrogen-bond acceptors (Lipinski definition) is 2. The number of carbonyl (C=O) groups is 1. The maximum Gasteiger partial charge on any atom is 0.210 e. The quantitative estimate of drug-likeness (QED) is 0.739. The van der Waals surface area contributed by atoms with E-state index in [0.29, 0.717) is 12.6 Å². The number of ether oxygens (including phenoxy) is 1. The molecule has 1 aliphatic heterocycles. The van der Waals surface area contributed by atoms with E-state index in [-0.39, 0.29) is 11.0 Å². The Labute approximate surface area is 141 Å². The summed E-state index contributed by atoms with van der Waals surface area (Å²) < 4.78 is 7.38. The summed E-state index contributed by atoms with van der Waals surface area (Å²) in [5.74, 6) is 0.969. The number of carbonyl (C=O) groups excluding carboxylic acids is 1. The Balaban J connectivity index is 2.04. The Morgan fingerprint density at radius 2 is 2.00 bits per heavy atom. The molecule has 3 nitrogen and oxygen atoms in total. The molecule has 22 heavy (non-hydrogen) atoms. The topological polar surface area (TPSA) is 29.5 Å². The van der Waals surface area contributed by atoms with Crippen LogP contribution in [0.1, 0.15) is 58.1 Å². The zero-order valence-corrected chi connectivity index (χ0v) is 15.4. The second kappa shape index (κ2) is 5.26. The largest absolute Gasteiger partial charge is 0.487 e. The van der Waals surface area contributed by atoms with Gasteiger partial charge in [-0.1, -0.05) is 29.8 Å². The van der Waals surface area contributed by atoms with Crippen molar-refractivity contribution in [2.75, 3.05) is 0 Å². The fourth-order valence-electron chi connectivity index (χ4n) is 3.72. The third kappa shape index (κ3) is 3.03. The SMILES string of the molecule is CC1(C)CC(C)(C)c2cc(Br)cc(CN(C=O)C3CC3)c2O1. The summed E-state index contributed by atoms with van der Waals surface area (Å²) in [6.07, 6.45) is 4.19. The molecule has 0 unspecified atom stereocenters. The molecule has 2 aliphatic rings. The summed E-state index contributed by atoms with van der Waals surface area (Å²) in [5, 5.41) is 0. The van der Waals surface area contributed by atoms with Crippen LogP contribution in [0.25, 0.3) is 0 Å². The molecular weight excluding hydrogens is 342 g/mol. The average molecular weight is 366 g/mol. The molecule has 1 fully saturated rings. The lowest BCUT2D eigenvalue weighted by Gasteiger charge is -2.43. The molecular formula is C18H24BrNO2. The fourth-order valence-corrected chi connectivity index (χ4v) is 4.22. The van der Waals surface area contributed by atoms with Crippen LogP contribution in [0, 0.1) is 0 Å². The van der Waals surface area contributed by atoms with Gasteiger partial charge in [0.15, 0.2) is 0 Å². The van der Waals surface area contributed by atoms with Gasteiger partial charge in [-0.3, -0.25) is 4.79 Å². The van der Waals surface area contributed by atoms with Crippen LogP contribution in [0.5, 0.6) is 5.75 Å². The molecule has 0 saturated heterocycles. The van der Waals surface area contributed by atoms with E-state index in [1.807, 2.05) is 4.90 Å². The lowest BCUT2D eigenvalue weighted by molar-refractivity contribution is -0.119. The summed E-state index contributed by atoms with van der Waals surface area (Å²) >= 11 is 3.62. The van der Waals surface area contributed by atoms with E-state index < -0.39 is 0 Å². The fraction of sp³-hybridized carbons (Fsp3) is 0.611. The van der Waals surface area contributed by atoms with E-state index in [0.717, 1.165) is 41.5 Å². The van der Waals surface area contributed by atoms with Gasteiger partial charge in [-0.2, -0.15) is 0 Å². The van der Waals surface area contributed by atoms with E-state index in [1.54, 1.807) is 0 Å². The Morgan fingerprint density at radius 1 is 1.32 bits per heavy atom. The zero-order valence-electron chi connectivity index (χ0n) is 13.8. The Bertz CT molecular complexity index is 605. The highest BCUT2D eigenvalue weighted by atomic mass is 79.9. The second-order valence-electron chi connectivity index (χ2n) is 7.87. The molecule has 0 spiro atoms. The van der Waals surface area contributed by atoms with E-state index in [4.69, 9.17) is 4.74 Å². The summed E-state index contributed by atoms with van der Waals surface area (Å²) in [6.45, 7) is 9.45. The van der Waals surface area contributed by atoms with Crippen molar-refractivity contribution in [3.63, 3.8) is 0 Å². The van der Waals surface area contributed by atoms with Gasteiger partial charge in [-0.25, -0.2) is 0 Å². The van der Waals surface area contributed by atoms with Gasteiger partial charge in [0.1, 0.15) is 11.4 Å². The van der Waals surface area contributed by atoms with Crippen molar-refractivity contribution in [1.82, 2.24) is 4.90 Å². The van der Waals surface area contributed by atoms with Crippen LogP contribution in [0.4, 0.5) is 0 Å². The van der Waals surface area contributed by atoms with Crippen LogP contribution in [-0.2, 0) is 16.8 Å². The third-order valence-corrected chi connectivity index (χ3v) is 5.07. The molecule has 0 N–H and O–H groups in total. The number of benzene rings is 1. The van der Waals surface area contributed by atoms with Gasteiger partial charge >= 0.3 is 0 Å². The van der Waals surface area contributed by atoms with Gasteiger partial charge in [0.2, 0.25) is 6.41 Å². The number of nitrogens with zero attached hydrogens (tertiary/aromatic N) is 1.